The molecule has 2 aliphatic heterocycles. The molecule has 0 unspecified atom stereocenters. The van der Waals surface area contributed by atoms with Crippen LogP contribution >= 0.6 is 0 Å². The van der Waals surface area contributed by atoms with Gasteiger partial charge in [-0.3, -0.25) is 9.59 Å². The summed E-state index contributed by atoms with van der Waals surface area (Å²) in [5.41, 5.74) is 3.14. The normalized spacial score (nSPS) is 18.3. The van der Waals surface area contributed by atoms with E-state index in [1.165, 1.54) is 36.1 Å². The van der Waals surface area contributed by atoms with Crippen molar-refractivity contribution in [2.75, 3.05) is 31.6 Å². The molecule has 6 nitrogen and oxygen atoms in total. The fraction of sp³-hybridized carbons (Fsp3) is 0.440. The highest BCUT2D eigenvalue weighted by molar-refractivity contribution is 6.00. The van der Waals surface area contributed by atoms with Crippen LogP contribution in [0.25, 0.3) is 0 Å². The summed E-state index contributed by atoms with van der Waals surface area (Å²) in [5.74, 6) is 0.210. The van der Waals surface area contributed by atoms with Crippen LogP contribution in [0.1, 0.15) is 47.2 Å². The lowest BCUT2D eigenvalue weighted by Crippen LogP contribution is -2.40. The first-order valence-electron chi connectivity index (χ1n) is 11.4. The molecule has 3 aliphatic rings. The van der Waals surface area contributed by atoms with Gasteiger partial charge in [-0.15, -0.1) is 0 Å². The molecule has 2 amide bonds. The predicted octanol–water partition coefficient (Wildman–Crippen LogP) is 3.97. The summed E-state index contributed by atoms with van der Waals surface area (Å²) in [6.45, 7) is 1.57. The number of amides is 2. The number of nitrogens with zero attached hydrogens (tertiary/aromatic N) is 1. The highest BCUT2D eigenvalue weighted by atomic mass is 19.1. The molecule has 32 heavy (non-hydrogen) atoms. The van der Waals surface area contributed by atoms with E-state index in [9.17, 15) is 14.0 Å². The maximum absolute atomic E-state index is 14.5. The number of hydrogen-bond donors (Lipinski definition) is 1. The average Bonchev–Trinajstić information content (AvgIpc) is 2.82. The van der Waals surface area contributed by atoms with E-state index in [0.717, 1.165) is 31.4 Å². The van der Waals surface area contributed by atoms with Crippen molar-refractivity contribution in [1.82, 2.24) is 4.90 Å². The highest BCUT2D eigenvalue weighted by Gasteiger charge is 2.28. The molecule has 1 aliphatic carbocycles. The number of benzene rings is 2. The van der Waals surface area contributed by atoms with Gasteiger partial charge in [0.2, 0.25) is 0 Å². The second-order valence-corrected chi connectivity index (χ2v) is 8.85. The summed E-state index contributed by atoms with van der Waals surface area (Å²) < 4.78 is 25.8. The Morgan fingerprint density at radius 1 is 1.12 bits per heavy atom. The van der Waals surface area contributed by atoms with Gasteiger partial charge in [0.25, 0.3) is 11.8 Å². The Bertz CT molecular complexity index is 1050. The van der Waals surface area contributed by atoms with Crippen LogP contribution in [0.2, 0.25) is 0 Å². The van der Waals surface area contributed by atoms with E-state index in [1.807, 2.05) is 0 Å². The molecule has 7 heteroatoms. The summed E-state index contributed by atoms with van der Waals surface area (Å²) >= 11 is 0. The number of ether oxygens (including phenoxy) is 2. The molecule has 1 fully saturated rings. The van der Waals surface area contributed by atoms with E-state index in [1.54, 1.807) is 4.90 Å². The molecular formula is C25H27FN2O4. The number of anilines is 1. The van der Waals surface area contributed by atoms with Crippen molar-refractivity contribution < 1.29 is 23.5 Å². The summed E-state index contributed by atoms with van der Waals surface area (Å²) in [7, 11) is 0. The van der Waals surface area contributed by atoms with E-state index in [-0.39, 0.29) is 29.7 Å². The number of hydrogen-bond acceptors (Lipinski definition) is 4. The van der Waals surface area contributed by atoms with Crippen molar-refractivity contribution >= 4 is 17.5 Å². The summed E-state index contributed by atoms with van der Waals surface area (Å²) in [5, 5.41) is 2.63. The molecule has 0 bridgehead atoms. The number of likely N-dealkylation sites (tertiary alicyclic amines) is 1. The lowest BCUT2D eigenvalue weighted by molar-refractivity contribution is -0.118. The zero-order valence-corrected chi connectivity index (χ0v) is 18.0. The van der Waals surface area contributed by atoms with Crippen LogP contribution in [0.4, 0.5) is 10.1 Å². The van der Waals surface area contributed by atoms with E-state index >= 15 is 0 Å². The Morgan fingerprint density at radius 2 is 1.91 bits per heavy atom. The van der Waals surface area contributed by atoms with E-state index in [2.05, 4.69) is 23.5 Å². The fourth-order valence-electron chi connectivity index (χ4n) is 4.75. The van der Waals surface area contributed by atoms with Gasteiger partial charge in [0, 0.05) is 19.2 Å². The number of aryl methyl sites for hydroxylation is 2. The van der Waals surface area contributed by atoms with Crippen molar-refractivity contribution in [1.29, 1.82) is 0 Å². The molecule has 0 radical (unpaired) electrons. The SMILES string of the molecule is O=C1COc2cc(F)c(C(=O)N3CCC(COc4ccc5c(c4)CCCC5)CC3)cc2N1. The minimum absolute atomic E-state index is 0.0432. The van der Waals surface area contributed by atoms with Gasteiger partial charge in [0.1, 0.15) is 17.3 Å². The van der Waals surface area contributed by atoms with Gasteiger partial charge >= 0.3 is 0 Å². The van der Waals surface area contributed by atoms with Crippen LogP contribution in [0.5, 0.6) is 11.5 Å². The van der Waals surface area contributed by atoms with Crippen LogP contribution in [0.15, 0.2) is 30.3 Å². The maximum atomic E-state index is 14.5. The molecule has 2 heterocycles. The molecule has 1 saturated heterocycles. The number of rotatable bonds is 4. The Kier molecular flexibility index (Phi) is 5.72. The van der Waals surface area contributed by atoms with Crippen molar-refractivity contribution in [2.24, 2.45) is 5.92 Å². The van der Waals surface area contributed by atoms with Gasteiger partial charge in [0.15, 0.2) is 6.61 Å². The van der Waals surface area contributed by atoms with Crippen LogP contribution in [-0.4, -0.2) is 43.0 Å². The highest BCUT2D eigenvalue weighted by Crippen LogP contribution is 2.32. The van der Waals surface area contributed by atoms with Gasteiger partial charge in [-0.2, -0.15) is 0 Å². The Hall–Kier alpha value is -3.09. The fourth-order valence-corrected chi connectivity index (χ4v) is 4.75. The lowest BCUT2D eigenvalue weighted by atomic mass is 9.92. The molecule has 168 valence electrons. The lowest BCUT2D eigenvalue weighted by Gasteiger charge is -2.32. The molecule has 0 saturated carbocycles. The predicted molar refractivity (Wildman–Crippen MR) is 118 cm³/mol. The smallest absolute Gasteiger partial charge is 0.262 e. The average molecular weight is 438 g/mol. The number of nitrogens with one attached hydrogen (secondary N) is 1. The zero-order chi connectivity index (χ0) is 22.1. The molecular weight excluding hydrogens is 411 g/mol. The quantitative estimate of drug-likeness (QED) is 0.785. The molecule has 0 atom stereocenters. The minimum Gasteiger partial charge on any atom is -0.493 e. The van der Waals surface area contributed by atoms with Gasteiger partial charge in [-0.05, 0) is 73.8 Å². The van der Waals surface area contributed by atoms with Gasteiger partial charge in [0.05, 0.1) is 17.9 Å². The largest absolute Gasteiger partial charge is 0.493 e. The molecule has 0 spiro atoms. The van der Waals surface area contributed by atoms with E-state index in [0.29, 0.717) is 31.3 Å². The van der Waals surface area contributed by atoms with Crippen molar-refractivity contribution in [3.63, 3.8) is 0 Å². The maximum Gasteiger partial charge on any atom is 0.262 e. The number of halogens is 1. The third-order valence-electron chi connectivity index (χ3n) is 6.64. The topological polar surface area (TPSA) is 67.9 Å². The molecule has 1 N–H and O–H groups in total. The first kappa shape index (κ1) is 20.8. The van der Waals surface area contributed by atoms with E-state index in [4.69, 9.17) is 9.47 Å². The van der Waals surface area contributed by atoms with Crippen LogP contribution in [0, 0.1) is 11.7 Å². The first-order chi connectivity index (χ1) is 15.6. The number of fused-ring (bicyclic) bond motifs is 2. The zero-order valence-electron chi connectivity index (χ0n) is 18.0. The van der Waals surface area contributed by atoms with Gasteiger partial charge in [-0.25, -0.2) is 4.39 Å². The third kappa shape index (κ3) is 4.29. The third-order valence-corrected chi connectivity index (χ3v) is 6.64. The minimum atomic E-state index is -0.636. The van der Waals surface area contributed by atoms with Crippen molar-refractivity contribution in [3.05, 3.63) is 52.8 Å². The van der Waals surface area contributed by atoms with Gasteiger partial charge in [-0.1, -0.05) is 6.07 Å². The Balaban J connectivity index is 1.17. The monoisotopic (exact) mass is 438 g/mol. The second-order valence-electron chi connectivity index (χ2n) is 8.85. The molecule has 2 aromatic carbocycles. The van der Waals surface area contributed by atoms with Crippen LogP contribution < -0.4 is 14.8 Å². The second kappa shape index (κ2) is 8.81. The summed E-state index contributed by atoms with van der Waals surface area (Å²) in [6.07, 6.45) is 6.41. The Morgan fingerprint density at radius 3 is 2.72 bits per heavy atom. The van der Waals surface area contributed by atoms with Crippen molar-refractivity contribution in [2.45, 2.75) is 38.5 Å². The summed E-state index contributed by atoms with van der Waals surface area (Å²) in [4.78, 5) is 26.1. The van der Waals surface area contributed by atoms with Crippen LogP contribution in [0.3, 0.4) is 0 Å². The number of carbonyl (C=O) groups is 2. The molecule has 0 aromatic heterocycles. The van der Waals surface area contributed by atoms with Gasteiger partial charge < -0.3 is 19.7 Å². The number of piperidine rings is 1. The Labute approximate surface area is 186 Å². The van der Waals surface area contributed by atoms with E-state index < -0.39 is 5.82 Å². The first-order valence-corrected chi connectivity index (χ1v) is 11.4. The van der Waals surface area contributed by atoms with Crippen LogP contribution in [-0.2, 0) is 17.6 Å². The number of carbonyl (C=O) groups excluding carboxylic acids is 2. The summed E-state index contributed by atoms with van der Waals surface area (Å²) in [6, 6.07) is 8.96. The molecule has 2 aromatic rings. The standard InChI is InChI=1S/C25H27FN2O4/c26-21-13-23-22(27-24(29)15-32-23)12-20(21)25(30)28-9-7-16(8-10-28)14-31-19-6-5-17-3-1-2-4-18(17)11-19/h5-6,11-13,16H,1-4,7-10,14-15H2,(H,27,29). The van der Waals surface area contributed by atoms with Crippen molar-refractivity contribution in [3.8, 4) is 11.5 Å². The molecule has 5 rings (SSSR count).